The Balaban J connectivity index is 1.81. The van der Waals surface area contributed by atoms with Crippen LogP contribution < -0.4 is 15.2 Å². The first-order valence-electron chi connectivity index (χ1n) is 6.79. The number of aromatic nitrogens is 1. The first-order valence-corrected chi connectivity index (χ1v) is 7.17. The number of ether oxygens (including phenoxy) is 2. The average Bonchev–Trinajstić information content (AvgIpc) is 2.74. The molecule has 0 saturated heterocycles. The third-order valence-electron chi connectivity index (χ3n) is 3.36. The number of nitrogens with two attached hydrogens (primary N) is 1. The van der Waals surface area contributed by atoms with Crippen molar-refractivity contribution in [2.24, 2.45) is 0 Å². The summed E-state index contributed by atoms with van der Waals surface area (Å²) in [5, 5.41) is 0.540. The second kappa shape index (κ2) is 5.11. The molecule has 2 heterocycles. The van der Waals surface area contributed by atoms with Crippen molar-refractivity contribution in [1.29, 1.82) is 0 Å². The van der Waals surface area contributed by atoms with E-state index in [1.807, 2.05) is 12.1 Å². The Morgan fingerprint density at radius 2 is 2.14 bits per heavy atom. The fourth-order valence-electron chi connectivity index (χ4n) is 2.45. The Labute approximate surface area is 128 Å². The minimum absolute atomic E-state index is 0.200. The zero-order valence-electron chi connectivity index (χ0n) is 12.0. The van der Waals surface area contributed by atoms with Gasteiger partial charge < -0.3 is 15.2 Å². The van der Waals surface area contributed by atoms with Crippen LogP contribution in [0.25, 0.3) is 0 Å². The second-order valence-corrected chi connectivity index (χ2v) is 6.14. The minimum atomic E-state index is -0.200. The summed E-state index contributed by atoms with van der Waals surface area (Å²) >= 11 is 6.10. The Bertz CT molecular complexity index is 686. The number of hydrogen-bond acceptors (Lipinski definition) is 4. The van der Waals surface area contributed by atoms with Crippen molar-refractivity contribution >= 4 is 17.4 Å². The molecule has 1 aromatic heterocycles. The van der Waals surface area contributed by atoms with Crippen LogP contribution in [0.3, 0.4) is 0 Å². The van der Waals surface area contributed by atoms with Crippen LogP contribution in [0.5, 0.6) is 11.5 Å². The van der Waals surface area contributed by atoms with Crippen LogP contribution in [0.1, 0.15) is 25.1 Å². The van der Waals surface area contributed by atoms with E-state index in [9.17, 15) is 0 Å². The van der Waals surface area contributed by atoms with E-state index in [0.717, 1.165) is 17.7 Å². The fraction of sp³-hybridized carbons (Fsp3) is 0.312. The number of hydrogen-bond donors (Lipinski definition) is 1. The lowest BCUT2D eigenvalue weighted by Crippen LogP contribution is -2.24. The molecule has 2 aromatic rings. The van der Waals surface area contributed by atoms with Crippen LogP contribution in [-0.4, -0.2) is 10.6 Å². The summed E-state index contributed by atoms with van der Waals surface area (Å²) in [6.45, 7) is 4.38. The summed E-state index contributed by atoms with van der Waals surface area (Å²) in [7, 11) is 0. The lowest BCUT2D eigenvalue weighted by atomic mass is 10.0. The number of benzene rings is 1. The van der Waals surface area contributed by atoms with Gasteiger partial charge in [-0.1, -0.05) is 23.7 Å². The van der Waals surface area contributed by atoms with E-state index in [-0.39, 0.29) is 12.2 Å². The van der Waals surface area contributed by atoms with Crippen molar-refractivity contribution in [3.63, 3.8) is 0 Å². The van der Waals surface area contributed by atoms with Crippen LogP contribution in [0.4, 0.5) is 5.82 Å². The second-order valence-electron chi connectivity index (χ2n) is 5.74. The third kappa shape index (κ3) is 2.90. The number of pyridine rings is 1. The maximum absolute atomic E-state index is 6.10. The molecule has 2 N–H and O–H groups in total. The molecule has 0 atom stereocenters. The predicted octanol–water partition coefficient (Wildman–Crippen LogP) is 3.61. The highest BCUT2D eigenvalue weighted by Gasteiger charge is 2.32. The summed E-state index contributed by atoms with van der Waals surface area (Å²) in [6, 6.07) is 9.30. The van der Waals surface area contributed by atoms with Crippen molar-refractivity contribution in [1.82, 2.24) is 4.98 Å². The molecule has 0 radical (unpaired) electrons. The summed E-state index contributed by atoms with van der Waals surface area (Å²) in [4.78, 5) is 4.19. The molecule has 3 rings (SSSR count). The molecule has 0 amide bonds. The van der Waals surface area contributed by atoms with Gasteiger partial charge in [-0.25, -0.2) is 4.98 Å². The molecule has 1 aliphatic rings. The highest BCUT2D eigenvalue weighted by atomic mass is 35.5. The molecule has 0 fully saturated rings. The number of anilines is 1. The summed E-state index contributed by atoms with van der Waals surface area (Å²) < 4.78 is 11.8. The molecule has 21 heavy (non-hydrogen) atoms. The van der Waals surface area contributed by atoms with E-state index in [0.29, 0.717) is 22.3 Å². The molecule has 1 aromatic carbocycles. The summed E-state index contributed by atoms with van der Waals surface area (Å²) in [6.07, 6.45) is 0.872. The number of para-hydroxylation sites is 1. The highest BCUT2D eigenvalue weighted by molar-refractivity contribution is 6.31. The molecular formula is C16H17ClN2O2. The molecule has 0 aliphatic carbocycles. The first kappa shape index (κ1) is 14.0. The summed E-state index contributed by atoms with van der Waals surface area (Å²) in [5.41, 5.74) is 7.25. The number of nitrogen functional groups attached to an aromatic ring is 1. The first-order chi connectivity index (χ1) is 9.94. The molecule has 0 saturated carbocycles. The number of fused-ring (bicyclic) bond motifs is 1. The Morgan fingerprint density at radius 1 is 1.33 bits per heavy atom. The SMILES string of the molecule is CC1(C)Cc2cccc(OCc3nc(N)ccc3Cl)c2O1. The van der Waals surface area contributed by atoms with E-state index >= 15 is 0 Å². The Morgan fingerprint density at radius 3 is 2.95 bits per heavy atom. The zero-order chi connectivity index (χ0) is 15.0. The van der Waals surface area contributed by atoms with Gasteiger partial charge in [-0.15, -0.1) is 0 Å². The van der Waals surface area contributed by atoms with E-state index in [1.165, 1.54) is 0 Å². The van der Waals surface area contributed by atoms with Gasteiger partial charge in [0.1, 0.15) is 18.0 Å². The van der Waals surface area contributed by atoms with Crippen LogP contribution in [-0.2, 0) is 13.0 Å². The van der Waals surface area contributed by atoms with Gasteiger partial charge in [0.05, 0.1) is 10.7 Å². The van der Waals surface area contributed by atoms with E-state index in [1.54, 1.807) is 12.1 Å². The van der Waals surface area contributed by atoms with Crippen molar-refractivity contribution in [3.05, 3.63) is 46.6 Å². The van der Waals surface area contributed by atoms with Crippen LogP contribution in [0.2, 0.25) is 5.02 Å². The average molecular weight is 305 g/mol. The van der Waals surface area contributed by atoms with Gasteiger partial charge in [-0.3, -0.25) is 0 Å². The molecule has 110 valence electrons. The van der Waals surface area contributed by atoms with Crippen molar-refractivity contribution in [3.8, 4) is 11.5 Å². The van der Waals surface area contributed by atoms with Gasteiger partial charge in [0.2, 0.25) is 0 Å². The monoisotopic (exact) mass is 304 g/mol. The lowest BCUT2D eigenvalue weighted by molar-refractivity contribution is 0.131. The standard InChI is InChI=1S/C16H17ClN2O2/c1-16(2)8-10-4-3-5-13(15(10)21-16)20-9-12-11(17)6-7-14(18)19-12/h3-7H,8-9H2,1-2H3,(H2,18,19). The Kier molecular flexibility index (Phi) is 3.41. The smallest absolute Gasteiger partial charge is 0.165 e. The van der Waals surface area contributed by atoms with Gasteiger partial charge in [-0.2, -0.15) is 0 Å². The minimum Gasteiger partial charge on any atom is -0.483 e. The Hall–Kier alpha value is -1.94. The number of rotatable bonds is 3. The lowest BCUT2D eigenvalue weighted by Gasteiger charge is -2.18. The molecular weight excluding hydrogens is 288 g/mol. The fourth-order valence-corrected chi connectivity index (χ4v) is 2.61. The molecule has 1 aliphatic heterocycles. The van der Waals surface area contributed by atoms with Crippen molar-refractivity contribution in [2.75, 3.05) is 5.73 Å². The molecule has 0 spiro atoms. The molecule has 0 bridgehead atoms. The van der Waals surface area contributed by atoms with E-state index in [4.69, 9.17) is 26.8 Å². The maximum Gasteiger partial charge on any atom is 0.165 e. The van der Waals surface area contributed by atoms with Crippen molar-refractivity contribution < 1.29 is 9.47 Å². The van der Waals surface area contributed by atoms with Crippen molar-refractivity contribution in [2.45, 2.75) is 32.5 Å². The number of nitrogens with zero attached hydrogens (tertiary/aromatic N) is 1. The highest BCUT2D eigenvalue weighted by Crippen LogP contribution is 2.42. The van der Waals surface area contributed by atoms with Crippen LogP contribution >= 0.6 is 11.6 Å². The van der Waals surface area contributed by atoms with Gasteiger partial charge in [-0.05, 0) is 32.0 Å². The van der Waals surface area contributed by atoms with Gasteiger partial charge in [0.25, 0.3) is 0 Å². The quantitative estimate of drug-likeness (QED) is 0.941. The molecule has 0 unspecified atom stereocenters. The van der Waals surface area contributed by atoms with Crippen LogP contribution in [0, 0.1) is 0 Å². The third-order valence-corrected chi connectivity index (χ3v) is 3.70. The topological polar surface area (TPSA) is 57.4 Å². The van der Waals surface area contributed by atoms with E-state index < -0.39 is 0 Å². The van der Waals surface area contributed by atoms with Crippen LogP contribution in [0.15, 0.2) is 30.3 Å². The zero-order valence-corrected chi connectivity index (χ0v) is 12.8. The van der Waals surface area contributed by atoms with Gasteiger partial charge >= 0.3 is 0 Å². The predicted molar refractivity (Wildman–Crippen MR) is 82.8 cm³/mol. The summed E-state index contributed by atoms with van der Waals surface area (Å²) in [5.74, 6) is 1.94. The van der Waals surface area contributed by atoms with Gasteiger partial charge in [0.15, 0.2) is 11.5 Å². The number of halogens is 1. The van der Waals surface area contributed by atoms with E-state index in [2.05, 4.69) is 24.9 Å². The largest absolute Gasteiger partial charge is 0.483 e. The van der Waals surface area contributed by atoms with Gasteiger partial charge in [0, 0.05) is 12.0 Å². The normalized spacial score (nSPS) is 15.4. The molecule has 4 nitrogen and oxygen atoms in total. The molecule has 5 heteroatoms. The maximum atomic E-state index is 6.10.